The molecule has 0 fully saturated rings. The van der Waals surface area contributed by atoms with Crippen molar-refractivity contribution in [2.24, 2.45) is 5.10 Å². The Morgan fingerprint density at radius 2 is 2.00 bits per heavy atom. The van der Waals surface area contributed by atoms with Gasteiger partial charge < -0.3 is 14.2 Å². The highest BCUT2D eigenvalue weighted by Crippen LogP contribution is 2.40. The van der Waals surface area contributed by atoms with Crippen molar-refractivity contribution in [3.8, 4) is 28.6 Å². The average molecular weight is 336 g/mol. The van der Waals surface area contributed by atoms with Crippen molar-refractivity contribution in [2.75, 3.05) is 20.3 Å². The standard InChI is InChI=1S/C18H16N4O3/c1-23-15-9-13(10-16-17(15)25-8-7-24-16)11-20-22-12-19-21-18(22)14-5-3-2-4-6-14/h2-6,9-12H,7-8H2,1H3/b20-11-. The van der Waals surface area contributed by atoms with Gasteiger partial charge in [0.05, 0.1) is 13.3 Å². The van der Waals surface area contributed by atoms with Gasteiger partial charge in [0.25, 0.3) is 0 Å². The average Bonchev–Trinajstić information content (AvgIpc) is 3.15. The Labute approximate surface area is 144 Å². The van der Waals surface area contributed by atoms with E-state index in [1.54, 1.807) is 24.3 Å². The van der Waals surface area contributed by atoms with Gasteiger partial charge in [0.15, 0.2) is 17.3 Å². The van der Waals surface area contributed by atoms with Crippen LogP contribution in [0.2, 0.25) is 0 Å². The zero-order valence-corrected chi connectivity index (χ0v) is 13.6. The molecule has 0 N–H and O–H groups in total. The highest BCUT2D eigenvalue weighted by molar-refractivity contribution is 5.82. The molecule has 4 rings (SSSR count). The molecular weight excluding hydrogens is 320 g/mol. The molecule has 3 aromatic rings. The van der Waals surface area contributed by atoms with Crippen molar-refractivity contribution < 1.29 is 14.2 Å². The van der Waals surface area contributed by atoms with Crippen LogP contribution in [0, 0.1) is 0 Å². The Morgan fingerprint density at radius 1 is 1.16 bits per heavy atom. The fourth-order valence-electron chi connectivity index (χ4n) is 2.59. The number of hydrogen-bond acceptors (Lipinski definition) is 6. The minimum absolute atomic E-state index is 0.512. The summed E-state index contributed by atoms with van der Waals surface area (Å²) in [6.45, 7) is 1.03. The van der Waals surface area contributed by atoms with Crippen molar-refractivity contribution in [3.63, 3.8) is 0 Å². The van der Waals surface area contributed by atoms with Gasteiger partial charge in [-0.15, -0.1) is 10.2 Å². The van der Waals surface area contributed by atoms with E-state index in [0.717, 1.165) is 11.1 Å². The Hall–Kier alpha value is -3.35. The van der Waals surface area contributed by atoms with E-state index >= 15 is 0 Å². The summed E-state index contributed by atoms with van der Waals surface area (Å²) in [7, 11) is 1.60. The van der Waals surface area contributed by atoms with Crippen LogP contribution < -0.4 is 14.2 Å². The van der Waals surface area contributed by atoms with Gasteiger partial charge >= 0.3 is 0 Å². The summed E-state index contributed by atoms with van der Waals surface area (Å²) < 4.78 is 18.3. The normalized spacial score (nSPS) is 13.2. The zero-order chi connectivity index (χ0) is 17.1. The summed E-state index contributed by atoms with van der Waals surface area (Å²) in [5, 5.41) is 12.5. The second kappa shape index (κ2) is 6.64. The van der Waals surface area contributed by atoms with Crippen molar-refractivity contribution in [3.05, 3.63) is 54.4 Å². The molecule has 0 saturated heterocycles. The molecule has 0 aliphatic carbocycles. The molecule has 0 bridgehead atoms. The van der Waals surface area contributed by atoms with Crippen LogP contribution in [0.5, 0.6) is 17.2 Å². The maximum absolute atomic E-state index is 5.64. The van der Waals surface area contributed by atoms with Crippen LogP contribution in [0.1, 0.15) is 5.56 Å². The first-order valence-corrected chi connectivity index (χ1v) is 7.82. The Morgan fingerprint density at radius 3 is 2.84 bits per heavy atom. The van der Waals surface area contributed by atoms with Crippen LogP contribution >= 0.6 is 0 Å². The minimum Gasteiger partial charge on any atom is -0.493 e. The molecule has 0 radical (unpaired) electrons. The van der Waals surface area contributed by atoms with Gasteiger partial charge in [0, 0.05) is 11.1 Å². The quantitative estimate of drug-likeness (QED) is 0.685. The lowest BCUT2D eigenvalue weighted by Gasteiger charge is -2.20. The van der Waals surface area contributed by atoms with E-state index in [1.807, 2.05) is 42.5 Å². The predicted octanol–water partition coefficient (Wildman–Crippen LogP) is 2.61. The summed E-state index contributed by atoms with van der Waals surface area (Å²) >= 11 is 0. The number of aromatic nitrogens is 3. The van der Waals surface area contributed by atoms with Crippen LogP contribution in [-0.4, -0.2) is 41.4 Å². The summed E-state index contributed by atoms with van der Waals surface area (Å²) in [6, 6.07) is 13.5. The number of methoxy groups -OCH3 is 1. The van der Waals surface area contributed by atoms with Crippen LogP contribution in [0.25, 0.3) is 11.4 Å². The molecule has 1 aliphatic rings. The van der Waals surface area contributed by atoms with E-state index in [-0.39, 0.29) is 0 Å². The van der Waals surface area contributed by atoms with Gasteiger partial charge in [-0.05, 0) is 12.1 Å². The lowest BCUT2D eigenvalue weighted by atomic mass is 10.2. The highest BCUT2D eigenvalue weighted by atomic mass is 16.6. The molecule has 0 atom stereocenters. The number of nitrogens with zero attached hydrogens (tertiary/aromatic N) is 4. The van der Waals surface area contributed by atoms with Gasteiger partial charge in [-0.3, -0.25) is 0 Å². The first kappa shape index (κ1) is 15.2. The molecule has 7 nitrogen and oxygen atoms in total. The molecule has 0 amide bonds. The van der Waals surface area contributed by atoms with E-state index in [4.69, 9.17) is 14.2 Å². The molecular formula is C18H16N4O3. The monoisotopic (exact) mass is 336 g/mol. The highest BCUT2D eigenvalue weighted by Gasteiger charge is 2.18. The molecule has 126 valence electrons. The largest absolute Gasteiger partial charge is 0.493 e. The molecule has 0 unspecified atom stereocenters. The van der Waals surface area contributed by atoms with Crippen LogP contribution in [-0.2, 0) is 0 Å². The van der Waals surface area contributed by atoms with E-state index in [9.17, 15) is 0 Å². The molecule has 0 spiro atoms. The molecule has 2 heterocycles. The SMILES string of the molecule is COc1cc(/C=N\n2cnnc2-c2ccccc2)cc2c1OCCO2. The third kappa shape index (κ3) is 3.03. The van der Waals surface area contributed by atoms with Crippen LogP contribution in [0.4, 0.5) is 0 Å². The van der Waals surface area contributed by atoms with Gasteiger partial charge in [0.2, 0.25) is 5.75 Å². The van der Waals surface area contributed by atoms with E-state index in [2.05, 4.69) is 15.3 Å². The second-order valence-electron chi connectivity index (χ2n) is 5.36. The Bertz CT molecular complexity index is 889. The number of ether oxygens (including phenoxy) is 3. The number of rotatable bonds is 4. The zero-order valence-electron chi connectivity index (χ0n) is 13.6. The molecule has 1 aromatic heterocycles. The smallest absolute Gasteiger partial charge is 0.203 e. The molecule has 2 aromatic carbocycles. The summed E-state index contributed by atoms with van der Waals surface area (Å²) in [5.41, 5.74) is 1.77. The van der Waals surface area contributed by atoms with Crippen molar-refractivity contribution in [1.82, 2.24) is 14.9 Å². The predicted molar refractivity (Wildman–Crippen MR) is 92.4 cm³/mol. The summed E-state index contributed by atoms with van der Waals surface area (Å²) in [5.74, 6) is 2.56. The molecule has 7 heteroatoms. The van der Waals surface area contributed by atoms with Crippen LogP contribution in [0.15, 0.2) is 53.9 Å². The third-order valence-corrected chi connectivity index (χ3v) is 3.74. The lowest BCUT2D eigenvalue weighted by molar-refractivity contribution is 0.165. The second-order valence-corrected chi connectivity index (χ2v) is 5.36. The topological polar surface area (TPSA) is 70.8 Å². The molecule has 25 heavy (non-hydrogen) atoms. The minimum atomic E-state index is 0.512. The summed E-state index contributed by atoms with van der Waals surface area (Å²) in [6.07, 6.45) is 3.27. The first-order valence-electron chi connectivity index (χ1n) is 7.82. The number of hydrogen-bond donors (Lipinski definition) is 0. The van der Waals surface area contributed by atoms with Gasteiger partial charge in [-0.1, -0.05) is 30.3 Å². The maximum Gasteiger partial charge on any atom is 0.203 e. The fraction of sp³-hybridized carbons (Fsp3) is 0.167. The van der Waals surface area contributed by atoms with Crippen LogP contribution in [0.3, 0.4) is 0 Å². The fourth-order valence-corrected chi connectivity index (χ4v) is 2.59. The van der Waals surface area contributed by atoms with Gasteiger partial charge in [-0.2, -0.15) is 9.78 Å². The van der Waals surface area contributed by atoms with Crippen molar-refractivity contribution >= 4 is 6.21 Å². The Kier molecular flexibility index (Phi) is 4.04. The number of fused-ring (bicyclic) bond motifs is 1. The summed E-state index contributed by atoms with van der Waals surface area (Å²) in [4.78, 5) is 0. The van der Waals surface area contributed by atoms with E-state index in [1.165, 1.54) is 0 Å². The first-order chi connectivity index (χ1) is 12.3. The maximum atomic E-state index is 5.64. The lowest BCUT2D eigenvalue weighted by Crippen LogP contribution is -2.16. The van der Waals surface area contributed by atoms with Crippen molar-refractivity contribution in [1.29, 1.82) is 0 Å². The third-order valence-electron chi connectivity index (χ3n) is 3.74. The van der Waals surface area contributed by atoms with Gasteiger partial charge in [-0.25, -0.2) is 0 Å². The van der Waals surface area contributed by atoms with Gasteiger partial charge in [0.1, 0.15) is 19.5 Å². The number of benzene rings is 2. The van der Waals surface area contributed by atoms with E-state index < -0.39 is 0 Å². The Balaban J connectivity index is 1.66. The molecule has 0 saturated carbocycles. The molecule has 1 aliphatic heterocycles. The van der Waals surface area contributed by atoms with E-state index in [0.29, 0.717) is 36.3 Å². The van der Waals surface area contributed by atoms with Crippen molar-refractivity contribution in [2.45, 2.75) is 0 Å².